The zero-order chi connectivity index (χ0) is 12.4. The minimum atomic E-state index is 0.282. The highest BCUT2D eigenvalue weighted by molar-refractivity contribution is 4.94. The molecule has 1 heteroatoms. The first-order valence-electron chi connectivity index (χ1n) is 7.77. The zero-order valence-corrected chi connectivity index (χ0v) is 12.1. The lowest BCUT2D eigenvalue weighted by molar-refractivity contribution is 0.110. The Kier molecular flexibility index (Phi) is 4.18. The molecule has 2 fully saturated rings. The van der Waals surface area contributed by atoms with Gasteiger partial charge in [-0.3, -0.25) is 0 Å². The highest BCUT2D eigenvalue weighted by Crippen LogP contribution is 2.49. The highest BCUT2D eigenvalue weighted by Gasteiger charge is 2.41. The van der Waals surface area contributed by atoms with Gasteiger partial charge in [-0.05, 0) is 57.8 Å². The number of rotatable bonds is 3. The van der Waals surface area contributed by atoms with Gasteiger partial charge in [0.15, 0.2) is 0 Å². The van der Waals surface area contributed by atoms with Gasteiger partial charge in [-0.15, -0.1) is 0 Å². The Morgan fingerprint density at radius 3 is 2.06 bits per heavy atom. The summed E-state index contributed by atoms with van der Waals surface area (Å²) in [7, 11) is 0. The van der Waals surface area contributed by atoms with E-state index in [1.54, 1.807) is 0 Å². The Balaban J connectivity index is 1.98. The van der Waals surface area contributed by atoms with Gasteiger partial charge in [0, 0.05) is 12.1 Å². The molecule has 0 amide bonds. The Bertz CT molecular complexity index is 226. The molecule has 1 N–H and O–H groups in total. The molecule has 0 aromatic carbocycles. The van der Waals surface area contributed by atoms with Crippen LogP contribution in [-0.4, -0.2) is 12.1 Å². The van der Waals surface area contributed by atoms with E-state index in [4.69, 9.17) is 0 Å². The van der Waals surface area contributed by atoms with E-state index in [2.05, 4.69) is 26.1 Å². The van der Waals surface area contributed by atoms with Crippen LogP contribution < -0.4 is 5.32 Å². The zero-order valence-electron chi connectivity index (χ0n) is 12.1. The monoisotopic (exact) mass is 237 g/mol. The molecule has 1 nitrogen and oxygen atoms in total. The summed E-state index contributed by atoms with van der Waals surface area (Å²) < 4.78 is 0. The molecule has 2 aliphatic rings. The molecular formula is C16H31N. The van der Waals surface area contributed by atoms with Gasteiger partial charge in [-0.25, -0.2) is 0 Å². The fraction of sp³-hybridized carbons (Fsp3) is 1.00. The van der Waals surface area contributed by atoms with E-state index in [9.17, 15) is 0 Å². The normalized spacial score (nSPS) is 26.3. The smallest absolute Gasteiger partial charge is 0.00967 e. The fourth-order valence-electron chi connectivity index (χ4n) is 3.96. The Labute approximate surface area is 108 Å². The lowest BCUT2D eigenvalue weighted by atomic mass is 9.67. The number of nitrogens with one attached hydrogen (secondary N) is 1. The second kappa shape index (κ2) is 5.30. The molecule has 17 heavy (non-hydrogen) atoms. The summed E-state index contributed by atoms with van der Waals surface area (Å²) in [6.07, 6.45) is 13.4. The quantitative estimate of drug-likeness (QED) is 0.761. The van der Waals surface area contributed by atoms with E-state index >= 15 is 0 Å². The van der Waals surface area contributed by atoms with Crippen molar-refractivity contribution in [3.8, 4) is 0 Å². The standard InChI is InChI=1S/C16H31N/c1-15(2,3)17-13-16(11-7-8-12-16)14-9-5-4-6-10-14/h14,17H,4-13H2,1-3H3. The SMILES string of the molecule is CC(C)(C)NCC1(C2CCCCC2)CCCC1. The van der Waals surface area contributed by atoms with Crippen molar-refractivity contribution in [2.24, 2.45) is 11.3 Å². The molecule has 0 aromatic heterocycles. The summed E-state index contributed by atoms with van der Waals surface area (Å²) >= 11 is 0. The summed E-state index contributed by atoms with van der Waals surface area (Å²) in [6, 6.07) is 0. The van der Waals surface area contributed by atoms with Crippen LogP contribution in [0.4, 0.5) is 0 Å². The van der Waals surface area contributed by atoms with Crippen LogP contribution in [0.15, 0.2) is 0 Å². The average Bonchev–Trinajstić information content (AvgIpc) is 2.77. The topological polar surface area (TPSA) is 12.0 Å². The van der Waals surface area contributed by atoms with Crippen molar-refractivity contribution < 1.29 is 0 Å². The molecule has 0 spiro atoms. The summed E-state index contributed by atoms with van der Waals surface area (Å²) in [5, 5.41) is 3.80. The van der Waals surface area contributed by atoms with Gasteiger partial charge in [0.05, 0.1) is 0 Å². The van der Waals surface area contributed by atoms with E-state index in [0.29, 0.717) is 5.41 Å². The Morgan fingerprint density at radius 1 is 0.941 bits per heavy atom. The fourth-order valence-corrected chi connectivity index (χ4v) is 3.96. The van der Waals surface area contributed by atoms with Gasteiger partial charge in [-0.2, -0.15) is 0 Å². The number of hydrogen-bond acceptors (Lipinski definition) is 1. The van der Waals surface area contributed by atoms with E-state index in [1.165, 1.54) is 64.3 Å². The van der Waals surface area contributed by atoms with Crippen LogP contribution in [-0.2, 0) is 0 Å². The Hall–Kier alpha value is -0.0400. The average molecular weight is 237 g/mol. The van der Waals surface area contributed by atoms with Gasteiger partial charge in [0.2, 0.25) is 0 Å². The lowest BCUT2D eigenvalue weighted by Gasteiger charge is -2.42. The molecule has 0 bridgehead atoms. The maximum Gasteiger partial charge on any atom is 0.00967 e. The predicted octanol–water partition coefficient (Wildman–Crippen LogP) is 4.52. The van der Waals surface area contributed by atoms with Crippen molar-refractivity contribution in [3.05, 3.63) is 0 Å². The molecule has 0 heterocycles. The second-order valence-corrected chi connectivity index (χ2v) is 7.51. The third-order valence-electron chi connectivity index (χ3n) is 5.04. The van der Waals surface area contributed by atoms with Crippen molar-refractivity contribution in [1.29, 1.82) is 0 Å². The van der Waals surface area contributed by atoms with Crippen LogP contribution in [0, 0.1) is 11.3 Å². The van der Waals surface area contributed by atoms with Crippen LogP contribution in [0.3, 0.4) is 0 Å². The van der Waals surface area contributed by atoms with Crippen LogP contribution >= 0.6 is 0 Å². The van der Waals surface area contributed by atoms with E-state index in [0.717, 1.165) is 5.92 Å². The highest BCUT2D eigenvalue weighted by atomic mass is 15.0. The molecule has 0 atom stereocenters. The van der Waals surface area contributed by atoms with Crippen LogP contribution in [0.1, 0.15) is 78.6 Å². The van der Waals surface area contributed by atoms with Gasteiger partial charge in [0.25, 0.3) is 0 Å². The summed E-state index contributed by atoms with van der Waals surface area (Å²) in [5.41, 5.74) is 0.942. The molecule has 2 aliphatic carbocycles. The third kappa shape index (κ3) is 3.47. The van der Waals surface area contributed by atoms with Crippen LogP contribution in [0.2, 0.25) is 0 Å². The third-order valence-corrected chi connectivity index (χ3v) is 5.04. The van der Waals surface area contributed by atoms with Gasteiger partial charge in [-0.1, -0.05) is 32.1 Å². The maximum absolute atomic E-state index is 3.80. The summed E-state index contributed by atoms with van der Waals surface area (Å²) in [6.45, 7) is 8.17. The molecule has 100 valence electrons. The molecule has 0 aromatic rings. The van der Waals surface area contributed by atoms with E-state index < -0.39 is 0 Å². The molecule has 2 saturated carbocycles. The minimum Gasteiger partial charge on any atom is -0.312 e. The molecule has 0 unspecified atom stereocenters. The largest absolute Gasteiger partial charge is 0.312 e. The van der Waals surface area contributed by atoms with Crippen LogP contribution in [0.25, 0.3) is 0 Å². The van der Waals surface area contributed by atoms with E-state index in [1.807, 2.05) is 0 Å². The van der Waals surface area contributed by atoms with Crippen molar-refractivity contribution in [2.75, 3.05) is 6.54 Å². The Morgan fingerprint density at radius 2 is 1.53 bits per heavy atom. The predicted molar refractivity (Wildman–Crippen MR) is 75.2 cm³/mol. The molecule has 0 saturated heterocycles. The van der Waals surface area contributed by atoms with E-state index in [-0.39, 0.29) is 5.54 Å². The first-order chi connectivity index (χ1) is 8.02. The van der Waals surface area contributed by atoms with Gasteiger partial charge in [0.1, 0.15) is 0 Å². The summed E-state index contributed by atoms with van der Waals surface area (Å²) in [5.74, 6) is 1.02. The van der Waals surface area contributed by atoms with Crippen molar-refractivity contribution >= 4 is 0 Å². The first kappa shape index (κ1) is 13.4. The van der Waals surface area contributed by atoms with Gasteiger partial charge >= 0.3 is 0 Å². The first-order valence-corrected chi connectivity index (χ1v) is 7.77. The second-order valence-electron chi connectivity index (χ2n) is 7.51. The lowest BCUT2D eigenvalue weighted by Crippen LogP contribution is -2.46. The molecule has 0 radical (unpaired) electrons. The molecule has 2 rings (SSSR count). The molecule has 0 aliphatic heterocycles. The van der Waals surface area contributed by atoms with Gasteiger partial charge < -0.3 is 5.32 Å². The van der Waals surface area contributed by atoms with Crippen LogP contribution in [0.5, 0.6) is 0 Å². The number of hydrogen-bond donors (Lipinski definition) is 1. The van der Waals surface area contributed by atoms with Crippen molar-refractivity contribution in [2.45, 2.75) is 84.1 Å². The molecular weight excluding hydrogens is 206 g/mol. The van der Waals surface area contributed by atoms with Crippen molar-refractivity contribution in [1.82, 2.24) is 5.32 Å². The van der Waals surface area contributed by atoms with Crippen molar-refractivity contribution in [3.63, 3.8) is 0 Å². The minimum absolute atomic E-state index is 0.282. The maximum atomic E-state index is 3.80. The summed E-state index contributed by atoms with van der Waals surface area (Å²) in [4.78, 5) is 0.